The molecular formula is C30H38FN3O7. The van der Waals surface area contributed by atoms with E-state index in [1.54, 1.807) is 0 Å². The van der Waals surface area contributed by atoms with E-state index < -0.39 is 75.9 Å². The van der Waals surface area contributed by atoms with E-state index in [1.807, 2.05) is 6.92 Å². The zero-order valence-corrected chi connectivity index (χ0v) is 23.7. The largest absolute Gasteiger partial charge is 0.507 e. The van der Waals surface area contributed by atoms with Crippen LogP contribution in [0.2, 0.25) is 0 Å². The SMILES string of the molecule is CCN(Cc1cc(O)c2c(c1F)C[C@H]1C[C@H]3[C@H](N(C)C)C(=O)C(C(N)=O)C(=O)[C@@]3(O)C(=O)C1C2=O)CC1CCCC1. The molecule has 3 fully saturated rings. The minimum Gasteiger partial charge on any atom is -0.507 e. The lowest BCUT2D eigenvalue weighted by Crippen LogP contribution is -2.74. The molecule has 0 bridgehead atoms. The summed E-state index contributed by atoms with van der Waals surface area (Å²) in [5.74, 6) is -11.6. The molecule has 4 aliphatic rings. The van der Waals surface area contributed by atoms with Gasteiger partial charge in [-0.2, -0.15) is 0 Å². The average Bonchev–Trinajstić information content (AvgIpc) is 3.41. The van der Waals surface area contributed by atoms with E-state index in [4.69, 9.17) is 5.73 Å². The van der Waals surface area contributed by atoms with Crippen molar-refractivity contribution in [2.45, 2.75) is 63.6 Å². The van der Waals surface area contributed by atoms with Gasteiger partial charge in [-0.25, -0.2) is 4.39 Å². The Bertz CT molecular complexity index is 1320. The number of aliphatic hydroxyl groups is 1. The fraction of sp³-hybridized carbons (Fsp3) is 0.633. The van der Waals surface area contributed by atoms with Crippen molar-refractivity contribution in [1.29, 1.82) is 0 Å². The summed E-state index contributed by atoms with van der Waals surface area (Å²) in [4.78, 5) is 69.7. The molecule has 1 aromatic rings. The Kier molecular flexibility index (Phi) is 7.67. The van der Waals surface area contributed by atoms with Crippen molar-refractivity contribution < 1.29 is 38.6 Å². The summed E-state index contributed by atoms with van der Waals surface area (Å²) in [5.41, 5.74) is 2.47. The first-order valence-corrected chi connectivity index (χ1v) is 14.4. The number of fused-ring (bicyclic) bond motifs is 3. The molecule has 3 saturated carbocycles. The normalized spacial score (nSPS) is 31.9. The molecule has 11 heteroatoms. The number of ketones is 4. The molecule has 0 radical (unpaired) electrons. The number of aromatic hydroxyl groups is 1. The lowest BCUT2D eigenvalue weighted by atomic mass is 9.52. The first-order valence-electron chi connectivity index (χ1n) is 14.4. The predicted molar refractivity (Wildman–Crippen MR) is 144 cm³/mol. The highest BCUT2D eigenvalue weighted by Gasteiger charge is 2.69. The lowest BCUT2D eigenvalue weighted by Gasteiger charge is -2.52. The molecule has 41 heavy (non-hydrogen) atoms. The van der Waals surface area contributed by atoms with Gasteiger partial charge in [-0.05, 0) is 64.2 Å². The topological polar surface area (TPSA) is 158 Å². The molecule has 0 heterocycles. The number of phenols is 1. The van der Waals surface area contributed by atoms with Crippen LogP contribution < -0.4 is 5.73 Å². The Labute approximate surface area is 238 Å². The average molecular weight is 572 g/mol. The number of hydrogen-bond donors (Lipinski definition) is 3. The van der Waals surface area contributed by atoms with E-state index in [0.717, 1.165) is 19.4 Å². The zero-order valence-electron chi connectivity index (χ0n) is 23.7. The van der Waals surface area contributed by atoms with Gasteiger partial charge in [0, 0.05) is 30.1 Å². The Hall–Kier alpha value is -3.02. The van der Waals surface area contributed by atoms with Gasteiger partial charge in [0.05, 0.1) is 17.5 Å². The number of carbonyl (C=O) groups excluding carboxylic acids is 5. The van der Waals surface area contributed by atoms with Crippen LogP contribution >= 0.6 is 0 Å². The van der Waals surface area contributed by atoms with E-state index in [2.05, 4.69) is 4.90 Å². The second kappa shape index (κ2) is 10.7. The Balaban J connectivity index is 1.52. The van der Waals surface area contributed by atoms with E-state index in [0.29, 0.717) is 12.5 Å². The minimum atomic E-state index is -2.80. The number of nitrogens with zero attached hydrogens (tertiary/aromatic N) is 2. The summed E-state index contributed by atoms with van der Waals surface area (Å²) in [6, 6.07) is 0.0272. The Morgan fingerprint density at radius 2 is 1.80 bits per heavy atom. The van der Waals surface area contributed by atoms with Gasteiger partial charge < -0.3 is 15.9 Å². The number of amides is 1. The maximum Gasteiger partial charge on any atom is 0.235 e. The molecule has 4 aliphatic carbocycles. The molecule has 0 aromatic heterocycles. The van der Waals surface area contributed by atoms with Crippen molar-refractivity contribution in [3.63, 3.8) is 0 Å². The molecule has 0 spiro atoms. The Morgan fingerprint density at radius 3 is 2.39 bits per heavy atom. The van der Waals surface area contributed by atoms with E-state index in [1.165, 1.54) is 37.9 Å². The van der Waals surface area contributed by atoms with Crippen molar-refractivity contribution >= 4 is 29.0 Å². The quantitative estimate of drug-likeness (QED) is 0.406. The second-order valence-corrected chi connectivity index (χ2v) is 12.5. The number of primary amides is 1. The number of Topliss-reactive ketones (excluding diaryl/α,β-unsaturated/α-hetero) is 4. The van der Waals surface area contributed by atoms with Crippen LogP contribution in [-0.2, 0) is 32.1 Å². The monoisotopic (exact) mass is 571 g/mol. The molecule has 1 aromatic carbocycles. The van der Waals surface area contributed by atoms with Gasteiger partial charge in [-0.3, -0.25) is 33.8 Å². The third kappa shape index (κ3) is 4.53. The molecule has 2 unspecified atom stereocenters. The van der Waals surface area contributed by atoms with Crippen LogP contribution in [0.4, 0.5) is 4.39 Å². The number of carbonyl (C=O) groups is 5. The van der Waals surface area contributed by atoms with Crippen molar-refractivity contribution in [3.05, 3.63) is 28.6 Å². The molecule has 0 saturated heterocycles. The summed E-state index contributed by atoms with van der Waals surface area (Å²) >= 11 is 0. The number of likely N-dealkylation sites (N-methyl/N-ethyl adjacent to an activating group) is 1. The van der Waals surface area contributed by atoms with Gasteiger partial charge in [0.15, 0.2) is 34.7 Å². The van der Waals surface area contributed by atoms with Gasteiger partial charge in [0.1, 0.15) is 11.6 Å². The number of rotatable bonds is 7. The first kappa shape index (κ1) is 29.5. The molecule has 6 atom stereocenters. The smallest absolute Gasteiger partial charge is 0.235 e. The number of halogens is 1. The third-order valence-electron chi connectivity index (χ3n) is 9.90. The fourth-order valence-corrected chi connectivity index (χ4v) is 7.93. The first-order chi connectivity index (χ1) is 19.3. The molecule has 4 N–H and O–H groups in total. The van der Waals surface area contributed by atoms with Crippen LogP contribution in [0.15, 0.2) is 6.07 Å². The lowest BCUT2D eigenvalue weighted by molar-refractivity contribution is -0.181. The maximum absolute atomic E-state index is 16.1. The van der Waals surface area contributed by atoms with Crippen LogP contribution in [-0.4, -0.2) is 87.9 Å². The predicted octanol–water partition coefficient (Wildman–Crippen LogP) is 1.02. The highest BCUT2D eigenvalue weighted by Crippen LogP contribution is 2.51. The van der Waals surface area contributed by atoms with Crippen molar-refractivity contribution in [2.75, 3.05) is 27.2 Å². The fourth-order valence-electron chi connectivity index (χ4n) is 7.93. The minimum absolute atomic E-state index is 0.00582. The van der Waals surface area contributed by atoms with Crippen LogP contribution in [0, 0.1) is 35.4 Å². The van der Waals surface area contributed by atoms with Crippen LogP contribution in [0.1, 0.15) is 60.5 Å². The standard InChI is InChI=1S/C30H38FN3O7/c1-4-34(12-14-7-5-6-8-14)13-16-11-19(35)21-17(23(16)31)9-15-10-18-24(33(2)3)26(37)22(29(32)40)28(39)30(18,41)27(38)20(15)25(21)36/h11,14-15,18,20,22,24,35,41H,4-10,12-13H2,1-3H3,(H2,32,40)/t15-,18-,20?,22?,24-,30-/m0/s1. The Morgan fingerprint density at radius 1 is 1.15 bits per heavy atom. The zero-order chi connectivity index (χ0) is 30.0. The summed E-state index contributed by atoms with van der Waals surface area (Å²) in [5, 5.41) is 22.6. The van der Waals surface area contributed by atoms with Gasteiger partial charge in [-0.15, -0.1) is 0 Å². The van der Waals surface area contributed by atoms with Crippen LogP contribution in [0.3, 0.4) is 0 Å². The summed E-state index contributed by atoms with van der Waals surface area (Å²) in [7, 11) is 3.04. The van der Waals surface area contributed by atoms with E-state index >= 15 is 4.39 Å². The molecule has 0 aliphatic heterocycles. The van der Waals surface area contributed by atoms with Crippen molar-refractivity contribution in [2.24, 2.45) is 35.3 Å². The third-order valence-corrected chi connectivity index (χ3v) is 9.90. The van der Waals surface area contributed by atoms with Crippen LogP contribution in [0.25, 0.3) is 0 Å². The van der Waals surface area contributed by atoms with E-state index in [9.17, 15) is 34.2 Å². The number of nitrogens with two attached hydrogens (primary N) is 1. The van der Waals surface area contributed by atoms with E-state index in [-0.39, 0.29) is 36.1 Å². The second-order valence-electron chi connectivity index (χ2n) is 12.5. The molecule has 5 rings (SSSR count). The van der Waals surface area contributed by atoms with Gasteiger partial charge in [-0.1, -0.05) is 19.8 Å². The highest BCUT2D eigenvalue weighted by atomic mass is 19.1. The highest BCUT2D eigenvalue weighted by molar-refractivity contribution is 6.32. The van der Waals surface area contributed by atoms with Gasteiger partial charge in [0.2, 0.25) is 5.91 Å². The van der Waals surface area contributed by atoms with Crippen molar-refractivity contribution in [3.8, 4) is 5.75 Å². The molecule has 1 amide bonds. The molecule has 222 valence electrons. The summed E-state index contributed by atoms with van der Waals surface area (Å²) in [6.45, 7) is 3.74. The number of benzene rings is 1. The van der Waals surface area contributed by atoms with Crippen molar-refractivity contribution in [1.82, 2.24) is 9.80 Å². The van der Waals surface area contributed by atoms with Gasteiger partial charge >= 0.3 is 0 Å². The van der Waals surface area contributed by atoms with Gasteiger partial charge in [0.25, 0.3) is 0 Å². The molecule has 10 nitrogen and oxygen atoms in total. The summed E-state index contributed by atoms with van der Waals surface area (Å²) in [6.07, 6.45) is 4.43. The maximum atomic E-state index is 16.1. The molecular weight excluding hydrogens is 533 g/mol. The summed E-state index contributed by atoms with van der Waals surface area (Å²) < 4.78 is 16.1. The number of hydrogen-bond acceptors (Lipinski definition) is 9. The number of phenolic OH excluding ortho intramolecular Hbond substituents is 1. The van der Waals surface area contributed by atoms with Crippen LogP contribution in [0.5, 0.6) is 5.75 Å².